The SMILES string of the molecule is CCCC1CCC(CN)C(Cc2cccc(Br)c2)C1. The molecule has 1 saturated carbocycles. The lowest BCUT2D eigenvalue weighted by Gasteiger charge is -2.36. The Hall–Kier alpha value is -0.340. The molecular formula is C17H26BrN. The number of benzene rings is 1. The van der Waals surface area contributed by atoms with E-state index in [1.807, 2.05) is 0 Å². The molecule has 1 aromatic carbocycles. The Balaban J connectivity index is 2.01. The second kappa shape index (κ2) is 7.44. The monoisotopic (exact) mass is 323 g/mol. The van der Waals surface area contributed by atoms with Crippen molar-refractivity contribution in [3.05, 3.63) is 34.3 Å². The third-order valence-corrected chi connectivity index (χ3v) is 5.13. The Kier molecular flexibility index (Phi) is 5.90. The van der Waals surface area contributed by atoms with Gasteiger partial charge in [-0.15, -0.1) is 0 Å². The first kappa shape index (κ1) is 15.1. The Labute approximate surface area is 126 Å². The zero-order valence-corrected chi connectivity index (χ0v) is 13.5. The van der Waals surface area contributed by atoms with Gasteiger partial charge >= 0.3 is 0 Å². The van der Waals surface area contributed by atoms with E-state index in [0.717, 1.165) is 24.3 Å². The zero-order chi connectivity index (χ0) is 13.7. The van der Waals surface area contributed by atoms with Crippen molar-refractivity contribution in [2.75, 3.05) is 6.54 Å². The molecule has 0 aromatic heterocycles. The standard InChI is InChI=1S/C17H26BrN/c1-2-4-13-7-8-15(12-19)16(9-13)10-14-5-3-6-17(18)11-14/h3,5-6,11,13,15-16H,2,4,7-10,12,19H2,1H3. The molecule has 0 saturated heterocycles. The van der Waals surface area contributed by atoms with Gasteiger partial charge in [-0.05, 0) is 61.3 Å². The van der Waals surface area contributed by atoms with Gasteiger partial charge in [-0.3, -0.25) is 0 Å². The van der Waals surface area contributed by atoms with Crippen LogP contribution in [-0.4, -0.2) is 6.54 Å². The van der Waals surface area contributed by atoms with E-state index < -0.39 is 0 Å². The fourth-order valence-electron chi connectivity index (χ4n) is 3.62. The molecule has 2 rings (SSSR count). The summed E-state index contributed by atoms with van der Waals surface area (Å²) in [7, 11) is 0. The van der Waals surface area contributed by atoms with E-state index in [2.05, 4.69) is 47.1 Å². The minimum atomic E-state index is 0.729. The van der Waals surface area contributed by atoms with Crippen molar-refractivity contribution in [3.8, 4) is 0 Å². The first-order valence-corrected chi connectivity index (χ1v) is 8.46. The second-order valence-electron chi connectivity index (χ2n) is 6.06. The molecule has 1 fully saturated rings. The molecule has 0 radical (unpaired) electrons. The van der Waals surface area contributed by atoms with Crippen molar-refractivity contribution < 1.29 is 0 Å². The molecule has 19 heavy (non-hydrogen) atoms. The van der Waals surface area contributed by atoms with Crippen LogP contribution in [0.3, 0.4) is 0 Å². The fraction of sp³-hybridized carbons (Fsp3) is 0.647. The lowest BCUT2D eigenvalue weighted by molar-refractivity contribution is 0.175. The average Bonchev–Trinajstić information content (AvgIpc) is 2.39. The topological polar surface area (TPSA) is 26.0 Å². The van der Waals surface area contributed by atoms with Crippen LogP contribution in [0.1, 0.15) is 44.6 Å². The van der Waals surface area contributed by atoms with E-state index in [0.29, 0.717) is 0 Å². The first-order chi connectivity index (χ1) is 9.22. The molecule has 0 heterocycles. The summed E-state index contributed by atoms with van der Waals surface area (Å²) in [6.07, 6.45) is 8.02. The predicted molar refractivity (Wildman–Crippen MR) is 86.1 cm³/mol. The number of rotatable bonds is 5. The molecule has 3 atom stereocenters. The highest BCUT2D eigenvalue weighted by molar-refractivity contribution is 9.10. The van der Waals surface area contributed by atoms with Gasteiger partial charge in [0, 0.05) is 4.47 Å². The van der Waals surface area contributed by atoms with E-state index in [4.69, 9.17) is 5.73 Å². The van der Waals surface area contributed by atoms with E-state index in [-0.39, 0.29) is 0 Å². The van der Waals surface area contributed by atoms with Crippen LogP contribution in [0.5, 0.6) is 0 Å². The Morgan fingerprint density at radius 2 is 2.11 bits per heavy atom. The van der Waals surface area contributed by atoms with Gasteiger partial charge in [0.15, 0.2) is 0 Å². The number of halogens is 1. The third-order valence-electron chi connectivity index (χ3n) is 4.64. The maximum Gasteiger partial charge on any atom is 0.0177 e. The summed E-state index contributed by atoms with van der Waals surface area (Å²) in [5.74, 6) is 2.45. The Morgan fingerprint density at radius 3 is 2.79 bits per heavy atom. The van der Waals surface area contributed by atoms with Crippen LogP contribution in [-0.2, 0) is 6.42 Å². The predicted octanol–water partition coefficient (Wildman–Crippen LogP) is 4.78. The van der Waals surface area contributed by atoms with Gasteiger partial charge < -0.3 is 5.73 Å². The van der Waals surface area contributed by atoms with Gasteiger partial charge in [0.05, 0.1) is 0 Å². The summed E-state index contributed by atoms with van der Waals surface area (Å²) in [5.41, 5.74) is 7.44. The molecule has 3 unspecified atom stereocenters. The molecule has 0 aliphatic heterocycles. The smallest absolute Gasteiger partial charge is 0.0177 e. The largest absolute Gasteiger partial charge is 0.330 e. The van der Waals surface area contributed by atoms with E-state index in [9.17, 15) is 0 Å². The fourth-order valence-corrected chi connectivity index (χ4v) is 4.07. The van der Waals surface area contributed by atoms with Gasteiger partial charge in [-0.25, -0.2) is 0 Å². The highest BCUT2D eigenvalue weighted by atomic mass is 79.9. The highest BCUT2D eigenvalue weighted by Gasteiger charge is 2.29. The van der Waals surface area contributed by atoms with Crippen molar-refractivity contribution in [2.24, 2.45) is 23.5 Å². The number of hydrogen-bond donors (Lipinski definition) is 1. The summed E-state index contributed by atoms with van der Waals surface area (Å²) in [4.78, 5) is 0. The lowest BCUT2D eigenvalue weighted by Crippen LogP contribution is -2.31. The molecular weight excluding hydrogens is 298 g/mol. The number of nitrogens with two attached hydrogens (primary N) is 1. The van der Waals surface area contributed by atoms with Crippen molar-refractivity contribution in [3.63, 3.8) is 0 Å². The molecule has 1 aliphatic rings. The van der Waals surface area contributed by atoms with Crippen LogP contribution in [0.25, 0.3) is 0 Å². The first-order valence-electron chi connectivity index (χ1n) is 7.67. The van der Waals surface area contributed by atoms with E-state index in [1.54, 1.807) is 0 Å². The quantitative estimate of drug-likeness (QED) is 0.828. The molecule has 0 amide bonds. The van der Waals surface area contributed by atoms with Gasteiger partial charge in [0.2, 0.25) is 0 Å². The van der Waals surface area contributed by atoms with Crippen LogP contribution in [0.4, 0.5) is 0 Å². The van der Waals surface area contributed by atoms with Gasteiger partial charge in [-0.2, -0.15) is 0 Å². The van der Waals surface area contributed by atoms with E-state index >= 15 is 0 Å². The van der Waals surface area contributed by atoms with Crippen LogP contribution in [0, 0.1) is 17.8 Å². The summed E-state index contributed by atoms with van der Waals surface area (Å²) < 4.78 is 1.19. The van der Waals surface area contributed by atoms with Crippen LogP contribution >= 0.6 is 15.9 Å². The van der Waals surface area contributed by atoms with Crippen LogP contribution in [0.15, 0.2) is 28.7 Å². The van der Waals surface area contributed by atoms with E-state index in [1.165, 1.54) is 48.6 Å². The normalized spacial score (nSPS) is 27.4. The molecule has 0 spiro atoms. The second-order valence-corrected chi connectivity index (χ2v) is 6.97. The number of hydrogen-bond acceptors (Lipinski definition) is 1. The lowest BCUT2D eigenvalue weighted by atomic mass is 9.70. The maximum atomic E-state index is 5.99. The van der Waals surface area contributed by atoms with Crippen molar-refractivity contribution in [1.29, 1.82) is 0 Å². The maximum absolute atomic E-state index is 5.99. The molecule has 1 aliphatic carbocycles. The van der Waals surface area contributed by atoms with Crippen molar-refractivity contribution in [1.82, 2.24) is 0 Å². The average molecular weight is 324 g/mol. The van der Waals surface area contributed by atoms with Gasteiger partial charge in [0.25, 0.3) is 0 Å². The third kappa shape index (κ3) is 4.32. The molecule has 1 aromatic rings. The van der Waals surface area contributed by atoms with Crippen molar-refractivity contribution >= 4 is 15.9 Å². The van der Waals surface area contributed by atoms with Crippen LogP contribution in [0.2, 0.25) is 0 Å². The van der Waals surface area contributed by atoms with Gasteiger partial charge in [0.1, 0.15) is 0 Å². The summed E-state index contributed by atoms with van der Waals surface area (Å²) >= 11 is 3.57. The van der Waals surface area contributed by atoms with Crippen LogP contribution < -0.4 is 5.73 Å². The van der Waals surface area contributed by atoms with Gasteiger partial charge in [-0.1, -0.05) is 54.2 Å². The zero-order valence-electron chi connectivity index (χ0n) is 11.9. The summed E-state index contributed by atoms with van der Waals surface area (Å²) in [6, 6.07) is 8.76. The Morgan fingerprint density at radius 1 is 1.26 bits per heavy atom. The molecule has 2 N–H and O–H groups in total. The molecule has 0 bridgehead atoms. The Bertz CT molecular complexity index is 391. The molecule has 2 heteroatoms. The minimum Gasteiger partial charge on any atom is -0.330 e. The molecule has 1 nitrogen and oxygen atoms in total. The van der Waals surface area contributed by atoms with Crippen molar-refractivity contribution in [2.45, 2.75) is 45.4 Å². The summed E-state index contributed by atoms with van der Waals surface area (Å²) in [6.45, 7) is 3.16. The molecule has 106 valence electrons. The summed E-state index contributed by atoms with van der Waals surface area (Å²) in [5, 5.41) is 0. The minimum absolute atomic E-state index is 0.729. The highest BCUT2D eigenvalue weighted by Crippen LogP contribution is 2.37.